The fourth-order valence-corrected chi connectivity index (χ4v) is 5.71. The van der Waals surface area contributed by atoms with Crippen LogP contribution in [0.3, 0.4) is 0 Å². The number of hydrogen-bond donors (Lipinski definition) is 1. The van der Waals surface area contributed by atoms with Gasteiger partial charge in [0.1, 0.15) is 0 Å². The second-order valence-electron chi connectivity index (χ2n) is 8.95. The molecule has 2 aromatic rings. The van der Waals surface area contributed by atoms with Gasteiger partial charge in [0.2, 0.25) is 0 Å². The molecule has 0 radical (unpaired) electrons. The molecule has 0 bridgehead atoms. The number of ether oxygens (including phenoxy) is 1. The van der Waals surface area contributed by atoms with E-state index < -0.39 is 10.0 Å². The summed E-state index contributed by atoms with van der Waals surface area (Å²) in [6.07, 6.45) is 2.99. The van der Waals surface area contributed by atoms with Crippen LogP contribution in [0, 0.1) is 19.8 Å². The maximum absolute atomic E-state index is 13.5. The van der Waals surface area contributed by atoms with E-state index in [-0.39, 0.29) is 5.92 Å². The zero-order valence-electron chi connectivity index (χ0n) is 19.2. The molecule has 0 amide bonds. The summed E-state index contributed by atoms with van der Waals surface area (Å²) in [4.78, 5) is 0.342. The van der Waals surface area contributed by atoms with Gasteiger partial charge in [-0.2, -0.15) is 0 Å². The quantitative estimate of drug-likeness (QED) is 0.620. The number of rotatable bonds is 9. The zero-order valence-corrected chi connectivity index (χ0v) is 20.0. The SMILES string of the molecule is Cc1ccc(N(CC(C)C)S(=O)(=O)c2ccc(CCNC3CCOCC3)cc2)c(C)c1. The first-order chi connectivity index (χ1) is 14.8. The fourth-order valence-electron chi connectivity index (χ4n) is 4.02. The van der Waals surface area contributed by atoms with Crippen molar-refractivity contribution in [1.82, 2.24) is 5.32 Å². The van der Waals surface area contributed by atoms with Crippen molar-refractivity contribution < 1.29 is 13.2 Å². The maximum atomic E-state index is 13.5. The largest absolute Gasteiger partial charge is 0.381 e. The number of benzene rings is 2. The molecule has 3 rings (SSSR count). The Hall–Kier alpha value is -1.89. The lowest BCUT2D eigenvalue weighted by atomic mass is 10.1. The maximum Gasteiger partial charge on any atom is 0.264 e. The summed E-state index contributed by atoms with van der Waals surface area (Å²) in [5.41, 5.74) is 3.99. The summed E-state index contributed by atoms with van der Waals surface area (Å²) in [6, 6.07) is 13.8. The van der Waals surface area contributed by atoms with Gasteiger partial charge < -0.3 is 10.1 Å². The molecule has 1 N–H and O–H groups in total. The number of nitrogens with zero attached hydrogens (tertiary/aromatic N) is 1. The van der Waals surface area contributed by atoms with Crippen LogP contribution in [0.4, 0.5) is 5.69 Å². The molecule has 0 aromatic heterocycles. The lowest BCUT2D eigenvalue weighted by Gasteiger charge is -2.28. The Bertz CT molecular complexity index is 949. The van der Waals surface area contributed by atoms with Crippen LogP contribution in [0.25, 0.3) is 0 Å². The number of aryl methyl sites for hydroxylation is 2. The smallest absolute Gasteiger partial charge is 0.264 e. The minimum Gasteiger partial charge on any atom is -0.381 e. The highest BCUT2D eigenvalue weighted by Crippen LogP contribution is 2.28. The summed E-state index contributed by atoms with van der Waals surface area (Å²) < 4.78 is 34.0. The molecular weight excluding hydrogens is 408 g/mol. The molecule has 5 nitrogen and oxygen atoms in total. The fraction of sp³-hybridized carbons (Fsp3) is 0.520. The molecular formula is C25H36N2O3S. The van der Waals surface area contributed by atoms with Gasteiger partial charge in [-0.1, -0.05) is 43.7 Å². The third-order valence-corrected chi connectivity index (χ3v) is 7.53. The van der Waals surface area contributed by atoms with E-state index in [9.17, 15) is 8.42 Å². The molecule has 1 aliphatic rings. The minimum atomic E-state index is -3.64. The lowest BCUT2D eigenvalue weighted by Crippen LogP contribution is -2.36. The van der Waals surface area contributed by atoms with Crippen molar-refractivity contribution in [2.75, 3.05) is 30.6 Å². The van der Waals surface area contributed by atoms with Crippen molar-refractivity contribution >= 4 is 15.7 Å². The minimum absolute atomic E-state index is 0.214. The van der Waals surface area contributed by atoms with E-state index in [0.29, 0.717) is 17.5 Å². The van der Waals surface area contributed by atoms with Gasteiger partial charge in [-0.15, -0.1) is 0 Å². The first kappa shape index (κ1) is 23.8. The molecule has 170 valence electrons. The standard InChI is InChI=1S/C25H36N2O3S/c1-19(2)18-27(25-10-5-20(3)17-21(25)4)31(28,29)24-8-6-22(7-9-24)11-14-26-23-12-15-30-16-13-23/h5-10,17,19,23,26H,11-16,18H2,1-4H3. The van der Waals surface area contributed by atoms with Gasteiger partial charge in [0.15, 0.2) is 0 Å². The van der Waals surface area contributed by atoms with Crippen molar-refractivity contribution in [3.63, 3.8) is 0 Å². The second-order valence-corrected chi connectivity index (χ2v) is 10.8. The average molecular weight is 445 g/mol. The number of sulfonamides is 1. The van der Waals surface area contributed by atoms with E-state index in [1.165, 1.54) is 0 Å². The molecule has 1 saturated heterocycles. The van der Waals surface area contributed by atoms with E-state index in [2.05, 4.69) is 5.32 Å². The summed E-state index contributed by atoms with van der Waals surface area (Å²) in [5, 5.41) is 3.58. The zero-order chi connectivity index (χ0) is 22.4. The van der Waals surface area contributed by atoms with Gasteiger partial charge in [0, 0.05) is 25.8 Å². The van der Waals surface area contributed by atoms with E-state index in [1.807, 2.05) is 58.0 Å². The number of nitrogens with one attached hydrogen (secondary N) is 1. The van der Waals surface area contributed by atoms with Crippen LogP contribution < -0.4 is 9.62 Å². The van der Waals surface area contributed by atoms with Crippen LogP contribution in [0.2, 0.25) is 0 Å². The highest BCUT2D eigenvalue weighted by molar-refractivity contribution is 7.92. The molecule has 0 saturated carbocycles. The van der Waals surface area contributed by atoms with E-state index in [0.717, 1.165) is 61.4 Å². The molecule has 2 aromatic carbocycles. The van der Waals surface area contributed by atoms with Crippen LogP contribution in [-0.2, 0) is 21.2 Å². The Morgan fingerprint density at radius 3 is 2.35 bits per heavy atom. The van der Waals surface area contributed by atoms with Crippen LogP contribution in [0.5, 0.6) is 0 Å². The van der Waals surface area contributed by atoms with Gasteiger partial charge in [-0.3, -0.25) is 4.31 Å². The van der Waals surface area contributed by atoms with E-state index >= 15 is 0 Å². The van der Waals surface area contributed by atoms with Crippen molar-refractivity contribution in [3.8, 4) is 0 Å². The highest BCUT2D eigenvalue weighted by Gasteiger charge is 2.26. The summed E-state index contributed by atoms with van der Waals surface area (Å²) in [6.45, 7) is 11.1. The van der Waals surface area contributed by atoms with E-state index in [1.54, 1.807) is 16.4 Å². The van der Waals surface area contributed by atoms with Crippen LogP contribution in [-0.4, -0.2) is 40.8 Å². The second kappa shape index (κ2) is 10.6. The van der Waals surface area contributed by atoms with Gasteiger partial charge in [-0.05, 0) is 74.9 Å². The third kappa shape index (κ3) is 6.31. The number of hydrogen-bond acceptors (Lipinski definition) is 4. The van der Waals surface area contributed by atoms with Crippen molar-refractivity contribution in [2.45, 2.75) is 57.9 Å². The van der Waals surface area contributed by atoms with Gasteiger partial charge in [-0.25, -0.2) is 8.42 Å². The summed E-state index contributed by atoms with van der Waals surface area (Å²) >= 11 is 0. The van der Waals surface area contributed by atoms with Crippen LogP contribution >= 0.6 is 0 Å². The monoisotopic (exact) mass is 444 g/mol. The normalized spacial score (nSPS) is 15.4. The number of anilines is 1. The first-order valence-corrected chi connectivity index (χ1v) is 12.7. The Balaban J connectivity index is 1.73. The van der Waals surface area contributed by atoms with Gasteiger partial charge in [0.05, 0.1) is 10.6 Å². The Labute approximate surface area is 187 Å². The molecule has 1 heterocycles. The van der Waals surface area contributed by atoms with Gasteiger partial charge >= 0.3 is 0 Å². The van der Waals surface area contributed by atoms with Crippen LogP contribution in [0.1, 0.15) is 43.4 Å². The van der Waals surface area contributed by atoms with Crippen molar-refractivity contribution in [3.05, 3.63) is 59.2 Å². The Kier molecular flexibility index (Phi) is 8.14. The molecule has 31 heavy (non-hydrogen) atoms. The predicted octanol–water partition coefficient (Wildman–Crippen LogP) is 4.47. The predicted molar refractivity (Wildman–Crippen MR) is 127 cm³/mol. The lowest BCUT2D eigenvalue weighted by molar-refractivity contribution is 0.0782. The topological polar surface area (TPSA) is 58.6 Å². The van der Waals surface area contributed by atoms with Crippen molar-refractivity contribution in [1.29, 1.82) is 0 Å². The molecule has 6 heteroatoms. The van der Waals surface area contributed by atoms with Crippen LogP contribution in [0.15, 0.2) is 47.4 Å². The Morgan fingerprint density at radius 1 is 1.06 bits per heavy atom. The Morgan fingerprint density at radius 2 is 1.74 bits per heavy atom. The van der Waals surface area contributed by atoms with E-state index in [4.69, 9.17) is 4.74 Å². The summed E-state index contributed by atoms with van der Waals surface area (Å²) in [5.74, 6) is 0.214. The molecule has 1 fully saturated rings. The molecule has 0 atom stereocenters. The third-order valence-electron chi connectivity index (χ3n) is 5.73. The molecule has 0 aliphatic carbocycles. The highest BCUT2D eigenvalue weighted by atomic mass is 32.2. The average Bonchev–Trinajstić information content (AvgIpc) is 2.73. The van der Waals surface area contributed by atoms with Gasteiger partial charge in [0.25, 0.3) is 10.0 Å². The molecule has 1 aliphatic heterocycles. The first-order valence-electron chi connectivity index (χ1n) is 11.3. The molecule has 0 spiro atoms. The van der Waals surface area contributed by atoms with Crippen molar-refractivity contribution in [2.24, 2.45) is 5.92 Å². The molecule has 0 unspecified atom stereocenters. The summed E-state index contributed by atoms with van der Waals surface area (Å²) in [7, 11) is -3.64.